The molecular weight excluding hydrogens is 465 g/mol. The van der Waals surface area contributed by atoms with Crippen LogP contribution in [0.5, 0.6) is 0 Å². The van der Waals surface area contributed by atoms with Crippen LogP contribution in [0.4, 0.5) is 13.2 Å². The standard InChI is InChI=1S/C24H33F3N4O4/c1-18-5-7-19(8-6-18)20-16-23(35)31(21(29-20)4-2-3-9-24(25,26)27)17-22(34)28-10-11-30(12-14-32)13-15-33/h5-8,16,32-33H,2-4,9-15,17H2,1H3,(H,28,34). The van der Waals surface area contributed by atoms with Gasteiger partial charge in [-0.1, -0.05) is 29.8 Å². The van der Waals surface area contributed by atoms with Crippen molar-refractivity contribution < 1.29 is 28.2 Å². The Hall–Kier alpha value is -2.76. The molecule has 0 radical (unpaired) electrons. The number of hydrogen-bond acceptors (Lipinski definition) is 6. The minimum absolute atomic E-state index is 0.0833. The molecule has 0 aliphatic rings. The van der Waals surface area contributed by atoms with Gasteiger partial charge in [0.05, 0.1) is 18.9 Å². The lowest BCUT2D eigenvalue weighted by molar-refractivity contribution is -0.135. The van der Waals surface area contributed by atoms with E-state index in [9.17, 15) is 22.8 Å². The van der Waals surface area contributed by atoms with Crippen molar-refractivity contribution in [1.82, 2.24) is 19.8 Å². The zero-order chi connectivity index (χ0) is 25.8. The smallest absolute Gasteiger partial charge is 0.389 e. The van der Waals surface area contributed by atoms with E-state index in [-0.39, 0.29) is 51.4 Å². The quantitative estimate of drug-likeness (QED) is 0.344. The van der Waals surface area contributed by atoms with Crippen LogP contribution in [0.25, 0.3) is 11.3 Å². The molecule has 3 N–H and O–H groups in total. The Kier molecular flexibility index (Phi) is 11.4. The van der Waals surface area contributed by atoms with Crippen LogP contribution < -0.4 is 10.9 Å². The minimum Gasteiger partial charge on any atom is -0.395 e. The van der Waals surface area contributed by atoms with Crippen LogP contribution in [0.1, 0.15) is 30.7 Å². The summed E-state index contributed by atoms with van der Waals surface area (Å²) in [5, 5.41) is 20.8. The van der Waals surface area contributed by atoms with Crippen molar-refractivity contribution in [2.45, 2.75) is 45.3 Å². The molecular formula is C24H33F3N4O4. The number of carbonyl (C=O) groups excluding carboxylic acids is 1. The van der Waals surface area contributed by atoms with Gasteiger partial charge in [-0.3, -0.25) is 19.1 Å². The van der Waals surface area contributed by atoms with Gasteiger partial charge in [-0.05, 0) is 19.8 Å². The van der Waals surface area contributed by atoms with Crippen LogP contribution in [0, 0.1) is 6.92 Å². The summed E-state index contributed by atoms with van der Waals surface area (Å²) < 4.78 is 38.8. The Morgan fingerprint density at radius 1 is 1.09 bits per heavy atom. The third-order valence-electron chi connectivity index (χ3n) is 5.43. The largest absolute Gasteiger partial charge is 0.395 e. The van der Waals surface area contributed by atoms with E-state index in [0.717, 1.165) is 5.56 Å². The van der Waals surface area contributed by atoms with Crippen molar-refractivity contribution in [3.8, 4) is 11.3 Å². The lowest BCUT2D eigenvalue weighted by Gasteiger charge is -2.20. The van der Waals surface area contributed by atoms with Crippen LogP contribution in [0.2, 0.25) is 0 Å². The van der Waals surface area contributed by atoms with Gasteiger partial charge in [-0.25, -0.2) is 4.98 Å². The van der Waals surface area contributed by atoms with Crippen molar-refractivity contribution >= 4 is 5.91 Å². The molecule has 194 valence electrons. The highest BCUT2D eigenvalue weighted by molar-refractivity contribution is 5.75. The number of rotatable bonds is 14. The molecule has 0 saturated carbocycles. The summed E-state index contributed by atoms with van der Waals surface area (Å²) in [6.45, 7) is 2.78. The fraction of sp³-hybridized carbons (Fsp3) is 0.542. The molecule has 0 bridgehead atoms. The average molecular weight is 499 g/mol. The van der Waals surface area contributed by atoms with E-state index >= 15 is 0 Å². The van der Waals surface area contributed by atoms with Gasteiger partial charge in [0.25, 0.3) is 5.56 Å². The molecule has 0 fully saturated rings. The fourth-order valence-electron chi connectivity index (χ4n) is 3.57. The fourth-order valence-corrected chi connectivity index (χ4v) is 3.57. The molecule has 0 aliphatic heterocycles. The summed E-state index contributed by atoms with van der Waals surface area (Å²) in [4.78, 5) is 31.7. The van der Waals surface area contributed by atoms with Gasteiger partial charge in [0.1, 0.15) is 12.4 Å². The number of hydrogen-bond donors (Lipinski definition) is 3. The number of aliphatic hydroxyl groups excluding tert-OH is 2. The maximum Gasteiger partial charge on any atom is 0.389 e. The van der Waals surface area contributed by atoms with Gasteiger partial charge < -0.3 is 15.5 Å². The van der Waals surface area contributed by atoms with Crippen LogP contribution in [0.15, 0.2) is 35.1 Å². The van der Waals surface area contributed by atoms with E-state index in [1.807, 2.05) is 31.2 Å². The number of aromatic nitrogens is 2. The Balaban J connectivity index is 2.15. The van der Waals surface area contributed by atoms with Gasteiger partial charge in [0.2, 0.25) is 5.91 Å². The summed E-state index contributed by atoms with van der Waals surface area (Å²) in [5.74, 6) is -0.186. The van der Waals surface area contributed by atoms with Gasteiger partial charge in [-0.15, -0.1) is 0 Å². The highest BCUT2D eigenvalue weighted by Gasteiger charge is 2.26. The molecule has 1 heterocycles. The lowest BCUT2D eigenvalue weighted by atomic mass is 10.1. The Bertz CT molecular complexity index is 988. The van der Waals surface area contributed by atoms with E-state index in [1.165, 1.54) is 10.6 Å². The van der Waals surface area contributed by atoms with E-state index in [0.29, 0.717) is 30.9 Å². The van der Waals surface area contributed by atoms with Gasteiger partial charge in [0.15, 0.2) is 0 Å². The van der Waals surface area contributed by atoms with Gasteiger partial charge >= 0.3 is 6.18 Å². The van der Waals surface area contributed by atoms with E-state index < -0.39 is 24.1 Å². The SMILES string of the molecule is Cc1ccc(-c2cc(=O)n(CC(=O)NCCN(CCO)CCO)c(CCCCC(F)(F)F)n2)cc1. The van der Waals surface area contributed by atoms with Crippen LogP contribution in [0.3, 0.4) is 0 Å². The molecule has 8 nitrogen and oxygen atoms in total. The highest BCUT2D eigenvalue weighted by Crippen LogP contribution is 2.23. The summed E-state index contributed by atoms with van der Waals surface area (Å²) in [6, 6.07) is 8.69. The summed E-state index contributed by atoms with van der Waals surface area (Å²) in [7, 11) is 0. The minimum atomic E-state index is -4.25. The summed E-state index contributed by atoms with van der Waals surface area (Å²) in [6.07, 6.45) is -4.99. The van der Waals surface area contributed by atoms with Crippen molar-refractivity contribution in [2.75, 3.05) is 39.4 Å². The maximum absolute atomic E-state index is 12.9. The molecule has 2 rings (SSSR count). The molecule has 35 heavy (non-hydrogen) atoms. The van der Waals surface area contributed by atoms with Gasteiger partial charge in [0, 0.05) is 50.7 Å². The molecule has 1 aromatic heterocycles. The molecule has 0 spiro atoms. The number of halogens is 3. The first-order valence-corrected chi connectivity index (χ1v) is 11.6. The number of amides is 1. The van der Waals surface area contributed by atoms with Crippen LogP contribution in [-0.2, 0) is 17.8 Å². The molecule has 0 unspecified atom stereocenters. The van der Waals surface area contributed by atoms with E-state index in [1.54, 1.807) is 4.90 Å². The lowest BCUT2D eigenvalue weighted by Crippen LogP contribution is -2.40. The monoisotopic (exact) mass is 498 g/mol. The first-order valence-electron chi connectivity index (χ1n) is 11.6. The summed E-state index contributed by atoms with van der Waals surface area (Å²) >= 11 is 0. The second-order valence-corrected chi connectivity index (χ2v) is 8.31. The van der Waals surface area contributed by atoms with E-state index in [2.05, 4.69) is 10.3 Å². The first kappa shape index (κ1) is 28.5. The molecule has 0 atom stereocenters. The Morgan fingerprint density at radius 2 is 1.74 bits per heavy atom. The number of unbranched alkanes of at least 4 members (excludes halogenated alkanes) is 1. The van der Waals surface area contributed by atoms with Crippen LogP contribution in [-0.4, -0.2) is 76.1 Å². The second-order valence-electron chi connectivity index (χ2n) is 8.31. The van der Waals surface area contributed by atoms with Gasteiger partial charge in [-0.2, -0.15) is 13.2 Å². The number of nitrogens with one attached hydrogen (secondary N) is 1. The normalized spacial score (nSPS) is 11.7. The van der Waals surface area contributed by atoms with E-state index in [4.69, 9.17) is 10.2 Å². The predicted molar refractivity (Wildman–Crippen MR) is 126 cm³/mol. The third kappa shape index (κ3) is 10.2. The Morgan fingerprint density at radius 3 is 2.34 bits per heavy atom. The zero-order valence-corrected chi connectivity index (χ0v) is 19.9. The molecule has 0 saturated heterocycles. The molecule has 2 aromatic rings. The highest BCUT2D eigenvalue weighted by atomic mass is 19.4. The number of alkyl halides is 3. The molecule has 11 heteroatoms. The topological polar surface area (TPSA) is 108 Å². The number of aryl methyl sites for hydroxylation is 2. The number of benzene rings is 1. The Labute approximate surface area is 202 Å². The van der Waals surface area contributed by atoms with Crippen LogP contribution >= 0.6 is 0 Å². The molecule has 1 aromatic carbocycles. The van der Waals surface area contributed by atoms with Crippen molar-refractivity contribution in [2.24, 2.45) is 0 Å². The number of aliphatic hydroxyl groups is 2. The predicted octanol–water partition coefficient (Wildman–Crippen LogP) is 1.90. The second kappa shape index (κ2) is 14.0. The first-order chi connectivity index (χ1) is 16.6. The van der Waals surface area contributed by atoms with Crippen molar-refractivity contribution in [3.63, 3.8) is 0 Å². The average Bonchev–Trinajstić information content (AvgIpc) is 2.78. The molecule has 1 amide bonds. The molecule has 0 aliphatic carbocycles. The van der Waals surface area contributed by atoms with Crippen molar-refractivity contribution in [3.05, 3.63) is 52.1 Å². The maximum atomic E-state index is 12.9. The number of carbonyl (C=O) groups is 1. The number of nitrogens with zero attached hydrogens (tertiary/aromatic N) is 3. The zero-order valence-electron chi connectivity index (χ0n) is 19.9. The third-order valence-corrected chi connectivity index (χ3v) is 5.43. The summed E-state index contributed by atoms with van der Waals surface area (Å²) in [5.41, 5.74) is 1.68. The van der Waals surface area contributed by atoms with Crippen molar-refractivity contribution in [1.29, 1.82) is 0 Å².